The summed E-state index contributed by atoms with van der Waals surface area (Å²) in [6.45, 7) is 5.43. The van der Waals surface area contributed by atoms with E-state index < -0.39 is 17.9 Å². The highest BCUT2D eigenvalue weighted by molar-refractivity contribution is 6.07. The van der Waals surface area contributed by atoms with Crippen LogP contribution in [0.25, 0.3) is 10.9 Å². The summed E-state index contributed by atoms with van der Waals surface area (Å²) >= 11 is 0. The zero-order valence-electron chi connectivity index (χ0n) is 12.3. The van der Waals surface area contributed by atoms with Crippen molar-refractivity contribution < 1.29 is 14.7 Å². The number of fused-ring (bicyclic) bond motifs is 1. The number of para-hydroxylation sites is 1. The number of benzene rings is 1. The Balaban J connectivity index is 2.50. The molecule has 1 heterocycles. The van der Waals surface area contributed by atoms with Gasteiger partial charge in [0.05, 0.1) is 11.1 Å². The number of carbonyl (C=O) groups excluding carboxylic acids is 1. The molecule has 0 radical (unpaired) electrons. The highest BCUT2D eigenvalue weighted by Crippen LogP contribution is 2.22. The first-order valence-corrected chi connectivity index (χ1v) is 6.83. The Hall–Kier alpha value is -2.43. The quantitative estimate of drug-likeness (QED) is 0.905. The highest BCUT2D eigenvalue weighted by Gasteiger charge is 2.18. The fraction of sp³-hybridized carbons (Fsp3) is 0.312. The maximum absolute atomic E-state index is 12.3. The Morgan fingerprint density at radius 2 is 1.86 bits per heavy atom. The minimum atomic E-state index is -1.06. The van der Waals surface area contributed by atoms with E-state index in [4.69, 9.17) is 5.11 Å². The van der Waals surface area contributed by atoms with Gasteiger partial charge in [-0.1, -0.05) is 32.0 Å². The van der Waals surface area contributed by atoms with Gasteiger partial charge < -0.3 is 10.4 Å². The zero-order valence-corrected chi connectivity index (χ0v) is 12.3. The molecule has 0 aliphatic carbocycles. The molecule has 5 nitrogen and oxygen atoms in total. The molecule has 21 heavy (non-hydrogen) atoms. The Kier molecular flexibility index (Phi) is 4.21. The number of carboxylic acid groups (broad SMARTS) is 1. The lowest BCUT2D eigenvalue weighted by atomic mass is 10.0. The van der Waals surface area contributed by atoms with Crippen LogP contribution in [0.5, 0.6) is 0 Å². The van der Waals surface area contributed by atoms with E-state index >= 15 is 0 Å². The first-order chi connectivity index (χ1) is 9.90. The molecule has 0 aliphatic heterocycles. The molecule has 0 bridgehead atoms. The van der Waals surface area contributed by atoms with Crippen molar-refractivity contribution in [1.82, 2.24) is 10.3 Å². The fourth-order valence-corrected chi connectivity index (χ4v) is 2.02. The monoisotopic (exact) mass is 286 g/mol. The Labute approximate surface area is 123 Å². The van der Waals surface area contributed by atoms with Crippen LogP contribution in [0.2, 0.25) is 0 Å². The lowest BCUT2D eigenvalue weighted by Crippen LogP contribution is -2.38. The summed E-state index contributed by atoms with van der Waals surface area (Å²) in [7, 11) is 0. The third-order valence-corrected chi connectivity index (χ3v) is 3.29. The molecule has 2 aromatic rings. The van der Waals surface area contributed by atoms with Gasteiger partial charge in [-0.3, -0.25) is 14.6 Å². The number of aliphatic carboxylic acids is 1. The largest absolute Gasteiger partial charge is 0.480 e. The molecule has 110 valence electrons. The lowest BCUT2D eigenvalue weighted by molar-refractivity contribution is -0.138. The van der Waals surface area contributed by atoms with Gasteiger partial charge >= 0.3 is 5.97 Å². The Bertz CT molecular complexity index is 695. The van der Waals surface area contributed by atoms with Gasteiger partial charge in [-0.05, 0) is 25.0 Å². The van der Waals surface area contributed by atoms with Crippen molar-refractivity contribution in [2.45, 2.75) is 32.7 Å². The highest BCUT2D eigenvalue weighted by atomic mass is 16.4. The summed E-state index contributed by atoms with van der Waals surface area (Å²) in [6.07, 6.45) is 0. The van der Waals surface area contributed by atoms with Gasteiger partial charge in [0.25, 0.3) is 5.91 Å². The van der Waals surface area contributed by atoms with Gasteiger partial charge in [0, 0.05) is 11.1 Å². The second kappa shape index (κ2) is 5.91. The number of nitrogens with one attached hydrogen (secondary N) is 1. The summed E-state index contributed by atoms with van der Waals surface area (Å²) in [6, 6.07) is 8.15. The van der Waals surface area contributed by atoms with Gasteiger partial charge in [-0.25, -0.2) is 0 Å². The summed E-state index contributed by atoms with van der Waals surface area (Å²) in [5.41, 5.74) is 2.00. The van der Waals surface area contributed by atoms with Crippen LogP contribution in [0.15, 0.2) is 30.3 Å². The molecule has 2 rings (SSSR count). The molecule has 0 spiro atoms. The average Bonchev–Trinajstić information content (AvgIpc) is 2.45. The number of aromatic nitrogens is 1. The van der Waals surface area contributed by atoms with Crippen LogP contribution in [-0.4, -0.2) is 28.0 Å². The number of pyridine rings is 1. The van der Waals surface area contributed by atoms with E-state index in [1.165, 1.54) is 6.92 Å². The molecule has 1 unspecified atom stereocenters. The number of carbonyl (C=O) groups is 2. The number of amides is 1. The first-order valence-electron chi connectivity index (χ1n) is 6.83. The van der Waals surface area contributed by atoms with Crippen LogP contribution in [0.3, 0.4) is 0 Å². The van der Waals surface area contributed by atoms with Crippen LogP contribution in [-0.2, 0) is 4.79 Å². The molecule has 1 aromatic carbocycles. The van der Waals surface area contributed by atoms with E-state index in [9.17, 15) is 9.59 Å². The van der Waals surface area contributed by atoms with E-state index in [0.717, 1.165) is 16.6 Å². The zero-order chi connectivity index (χ0) is 15.6. The van der Waals surface area contributed by atoms with Gasteiger partial charge in [-0.2, -0.15) is 0 Å². The van der Waals surface area contributed by atoms with Crippen molar-refractivity contribution in [2.75, 3.05) is 0 Å². The van der Waals surface area contributed by atoms with E-state index in [1.54, 1.807) is 6.07 Å². The maximum atomic E-state index is 12.3. The standard InChI is InChI=1S/C16H18N2O3/c1-9(2)14-8-12(15(19)17-10(3)16(20)21)11-6-4-5-7-13(11)18-14/h4-10H,1-3H3,(H,17,19)(H,20,21). The van der Waals surface area contributed by atoms with Crippen LogP contribution in [0.4, 0.5) is 0 Å². The first kappa shape index (κ1) is 15.0. The van der Waals surface area contributed by atoms with Crippen LogP contribution >= 0.6 is 0 Å². The molecule has 1 atom stereocenters. The van der Waals surface area contributed by atoms with Crippen molar-refractivity contribution in [2.24, 2.45) is 0 Å². The molecule has 0 fully saturated rings. The van der Waals surface area contributed by atoms with Gasteiger partial charge in [0.15, 0.2) is 0 Å². The number of hydrogen-bond donors (Lipinski definition) is 2. The summed E-state index contributed by atoms with van der Waals surface area (Å²) in [4.78, 5) is 27.8. The predicted molar refractivity (Wildman–Crippen MR) is 80.4 cm³/mol. The molecule has 0 aliphatic rings. The Morgan fingerprint density at radius 1 is 1.19 bits per heavy atom. The van der Waals surface area contributed by atoms with Crippen molar-refractivity contribution in [1.29, 1.82) is 0 Å². The summed E-state index contributed by atoms with van der Waals surface area (Å²) < 4.78 is 0. The number of carboxylic acids is 1. The van der Waals surface area contributed by atoms with E-state index in [-0.39, 0.29) is 5.92 Å². The van der Waals surface area contributed by atoms with Crippen molar-refractivity contribution >= 4 is 22.8 Å². The molecule has 1 aromatic heterocycles. The van der Waals surface area contributed by atoms with Crippen molar-refractivity contribution in [3.8, 4) is 0 Å². The molecule has 2 N–H and O–H groups in total. The van der Waals surface area contributed by atoms with Gasteiger partial charge in [0.1, 0.15) is 6.04 Å². The summed E-state index contributed by atoms with van der Waals surface area (Å²) in [5, 5.41) is 12.1. The van der Waals surface area contributed by atoms with Gasteiger partial charge in [0.2, 0.25) is 0 Å². The third kappa shape index (κ3) is 3.18. The maximum Gasteiger partial charge on any atom is 0.325 e. The second-order valence-corrected chi connectivity index (χ2v) is 5.30. The van der Waals surface area contributed by atoms with E-state index in [2.05, 4.69) is 10.3 Å². The topological polar surface area (TPSA) is 79.3 Å². The molecular weight excluding hydrogens is 268 g/mol. The van der Waals surface area contributed by atoms with Crippen LogP contribution in [0, 0.1) is 0 Å². The van der Waals surface area contributed by atoms with Crippen molar-refractivity contribution in [3.05, 3.63) is 41.6 Å². The number of nitrogens with zero attached hydrogens (tertiary/aromatic N) is 1. The minimum Gasteiger partial charge on any atom is -0.480 e. The molecule has 5 heteroatoms. The second-order valence-electron chi connectivity index (χ2n) is 5.30. The van der Waals surface area contributed by atoms with Crippen LogP contribution < -0.4 is 5.32 Å². The Morgan fingerprint density at radius 3 is 2.48 bits per heavy atom. The van der Waals surface area contributed by atoms with Crippen LogP contribution in [0.1, 0.15) is 42.7 Å². The SMILES string of the molecule is CC(NC(=O)c1cc(C(C)C)nc2ccccc12)C(=O)O. The summed E-state index contributed by atoms with van der Waals surface area (Å²) in [5.74, 6) is -1.28. The normalized spacial score (nSPS) is 12.4. The predicted octanol–water partition coefficient (Wildman–Crippen LogP) is 2.56. The van der Waals surface area contributed by atoms with Crippen molar-refractivity contribution in [3.63, 3.8) is 0 Å². The lowest BCUT2D eigenvalue weighted by Gasteiger charge is -2.13. The molecular formula is C16H18N2O3. The average molecular weight is 286 g/mol. The fourth-order valence-electron chi connectivity index (χ4n) is 2.02. The van der Waals surface area contributed by atoms with E-state index in [1.807, 2.05) is 38.1 Å². The number of hydrogen-bond acceptors (Lipinski definition) is 3. The molecule has 0 saturated heterocycles. The third-order valence-electron chi connectivity index (χ3n) is 3.29. The minimum absolute atomic E-state index is 0.179. The smallest absolute Gasteiger partial charge is 0.325 e. The van der Waals surface area contributed by atoms with E-state index in [0.29, 0.717) is 5.56 Å². The van der Waals surface area contributed by atoms with Gasteiger partial charge in [-0.15, -0.1) is 0 Å². The number of rotatable bonds is 4. The molecule has 1 amide bonds. The molecule has 0 saturated carbocycles.